The van der Waals surface area contributed by atoms with E-state index in [0.717, 1.165) is 51.6 Å². The first-order chi connectivity index (χ1) is 9.88. The number of benzene rings is 1. The Balaban J connectivity index is 1.50. The van der Waals surface area contributed by atoms with E-state index in [1.54, 1.807) is 4.90 Å². The summed E-state index contributed by atoms with van der Waals surface area (Å²) < 4.78 is 16.6. The van der Waals surface area contributed by atoms with Gasteiger partial charge >= 0.3 is 0 Å². The van der Waals surface area contributed by atoms with E-state index in [4.69, 9.17) is 14.2 Å². The monoisotopic (exact) mass is 280 g/mol. The second-order valence-electron chi connectivity index (χ2n) is 5.07. The Morgan fingerprint density at radius 2 is 1.80 bits per heavy atom. The fourth-order valence-corrected chi connectivity index (χ4v) is 2.27. The van der Waals surface area contributed by atoms with Crippen LogP contribution in [0.15, 0.2) is 24.3 Å². The maximum atomic E-state index is 5.65. The molecule has 0 bridgehead atoms. The lowest BCUT2D eigenvalue weighted by Crippen LogP contribution is -3.14. The molecular formula is C16H26NO3+. The smallest absolute Gasteiger partial charge is 0.119 e. The Hall–Kier alpha value is -1.10. The predicted octanol–water partition coefficient (Wildman–Crippen LogP) is 0.560. The lowest BCUT2D eigenvalue weighted by atomic mass is 10.2. The minimum absolute atomic E-state index is 0.615. The molecule has 0 spiro atoms. The second-order valence-corrected chi connectivity index (χ2v) is 5.07. The molecule has 20 heavy (non-hydrogen) atoms. The van der Waals surface area contributed by atoms with E-state index in [0.29, 0.717) is 13.2 Å². The molecule has 4 heteroatoms. The summed E-state index contributed by atoms with van der Waals surface area (Å²) in [5.74, 6) is 0.921. The normalized spacial score (nSPS) is 16.2. The molecule has 0 atom stereocenters. The number of quaternary nitrogens is 1. The van der Waals surface area contributed by atoms with E-state index >= 15 is 0 Å². The SMILES string of the molecule is CCc1ccc(OCCOCC[NH+]2CCOCC2)cc1. The number of aryl methyl sites for hydroxylation is 1. The van der Waals surface area contributed by atoms with Gasteiger partial charge in [0.25, 0.3) is 0 Å². The van der Waals surface area contributed by atoms with Crippen LogP contribution in [0.4, 0.5) is 0 Å². The molecule has 2 rings (SSSR count). The first-order valence-corrected chi connectivity index (χ1v) is 7.59. The molecule has 0 amide bonds. The number of ether oxygens (including phenoxy) is 3. The Morgan fingerprint density at radius 1 is 1.05 bits per heavy atom. The van der Waals surface area contributed by atoms with Crippen molar-refractivity contribution in [2.45, 2.75) is 13.3 Å². The van der Waals surface area contributed by atoms with E-state index in [1.165, 1.54) is 5.56 Å². The van der Waals surface area contributed by atoms with Crippen LogP contribution in [-0.4, -0.2) is 52.7 Å². The highest BCUT2D eigenvalue weighted by Gasteiger charge is 2.12. The molecule has 1 saturated heterocycles. The molecule has 112 valence electrons. The van der Waals surface area contributed by atoms with E-state index < -0.39 is 0 Å². The molecule has 0 unspecified atom stereocenters. The molecule has 1 fully saturated rings. The van der Waals surface area contributed by atoms with Crippen molar-refractivity contribution in [3.05, 3.63) is 29.8 Å². The molecule has 1 N–H and O–H groups in total. The number of rotatable bonds is 8. The van der Waals surface area contributed by atoms with Crippen molar-refractivity contribution < 1.29 is 19.1 Å². The van der Waals surface area contributed by atoms with Gasteiger partial charge in [-0.2, -0.15) is 0 Å². The first-order valence-electron chi connectivity index (χ1n) is 7.59. The van der Waals surface area contributed by atoms with E-state index in [2.05, 4.69) is 19.1 Å². The Kier molecular flexibility index (Phi) is 6.84. The third kappa shape index (κ3) is 5.49. The van der Waals surface area contributed by atoms with Crippen molar-refractivity contribution in [3.63, 3.8) is 0 Å². The third-order valence-corrected chi connectivity index (χ3v) is 3.63. The zero-order chi connectivity index (χ0) is 14.0. The van der Waals surface area contributed by atoms with Crippen molar-refractivity contribution in [1.82, 2.24) is 0 Å². The van der Waals surface area contributed by atoms with Crippen LogP contribution >= 0.6 is 0 Å². The molecule has 0 aliphatic carbocycles. The Bertz CT molecular complexity index is 360. The van der Waals surface area contributed by atoms with Crippen LogP contribution in [0.25, 0.3) is 0 Å². The maximum Gasteiger partial charge on any atom is 0.119 e. The summed E-state index contributed by atoms with van der Waals surface area (Å²) in [6, 6.07) is 8.27. The average molecular weight is 280 g/mol. The van der Waals surface area contributed by atoms with Crippen LogP contribution < -0.4 is 9.64 Å². The summed E-state index contributed by atoms with van der Waals surface area (Å²) in [7, 11) is 0. The molecule has 4 nitrogen and oxygen atoms in total. The van der Waals surface area contributed by atoms with Gasteiger partial charge in [-0.3, -0.25) is 0 Å². The third-order valence-electron chi connectivity index (χ3n) is 3.63. The fraction of sp³-hybridized carbons (Fsp3) is 0.625. The lowest BCUT2D eigenvalue weighted by molar-refractivity contribution is -0.908. The van der Waals surface area contributed by atoms with Crippen LogP contribution in [0, 0.1) is 0 Å². The summed E-state index contributed by atoms with van der Waals surface area (Å²) in [5.41, 5.74) is 1.34. The molecule has 1 aromatic carbocycles. The molecular weight excluding hydrogens is 254 g/mol. The minimum Gasteiger partial charge on any atom is -0.491 e. The predicted molar refractivity (Wildman–Crippen MR) is 78.5 cm³/mol. The van der Waals surface area contributed by atoms with E-state index in [1.807, 2.05) is 12.1 Å². The largest absolute Gasteiger partial charge is 0.491 e. The minimum atomic E-state index is 0.615. The lowest BCUT2D eigenvalue weighted by Gasteiger charge is -2.23. The van der Waals surface area contributed by atoms with E-state index in [-0.39, 0.29) is 0 Å². The molecule has 0 radical (unpaired) electrons. The molecule has 1 heterocycles. The number of morpholine rings is 1. The highest BCUT2D eigenvalue weighted by molar-refractivity contribution is 5.27. The first kappa shape index (κ1) is 15.3. The van der Waals surface area contributed by atoms with Gasteiger partial charge in [0.1, 0.15) is 32.0 Å². The summed E-state index contributed by atoms with van der Waals surface area (Å²) in [5, 5.41) is 0. The molecule has 0 saturated carbocycles. The summed E-state index contributed by atoms with van der Waals surface area (Å²) in [6.07, 6.45) is 1.06. The van der Waals surface area contributed by atoms with Gasteiger partial charge in [0.15, 0.2) is 0 Å². The van der Waals surface area contributed by atoms with Crippen molar-refractivity contribution in [1.29, 1.82) is 0 Å². The van der Waals surface area contributed by atoms with Gasteiger partial charge in [-0.15, -0.1) is 0 Å². The quantitative estimate of drug-likeness (QED) is 0.706. The Morgan fingerprint density at radius 3 is 2.50 bits per heavy atom. The zero-order valence-electron chi connectivity index (χ0n) is 12.4. The fourth-order valence-electron chi connectivity index (χ4n) is 2.27. The highest BCUT2D eigenvalue weighted by atomic mass is 16.5. The standard InChI is InChI=1S/C16H25NO3/c1-2-15-3-5-16(6-4-15)20-14-13-19-12-9-17-7-10-18-11-8-17/h3-6H,2,7-14H2,1H3/p+1. The van der Waals surface area contributed by atoms with Crippen LogP contribution in [-0.2, 0) is 15.9 Å². The topological polar surface area (TPSA) is 32.1 Å². The van der Waals surface area contributed by atoms with Crippen molar-refractivity contribution >= 4 is 0 Å². The second kappa shape index (κ2) is 8.95. The summed E-state index contributed by atoms with van der Waals surface area (Å²) in [6.45, 7) is 9.25. The van der Waals surface area contributed by atoms with Gasteiger partial charge in [0.05, 0.1) is 26.4 Å². The van der Waals surface area contributed by atoms with Gasteiger partial charge in [-0.25, -0.2) is 0 Å². The molecule has 1 aliphatic heterocycles. The average Bonchev–Trinajstić information content (AvgIpc) is 2.52. The van der Waals surface area contributed by atoms with Crippen LogP contribution in [0.1, 0.15) is 12.5 Å². The summed E-state index contributed by atoms with van der Waals surface area (Å²) >= 11 is 0. The van der Waals surface area contributed by atoms with Gasteiger partial charge in [-0.1, -0.05) is 19.1 Å². The van der Waals surface area contributed by atoms with Crippen molar-refractivity contribution in [2.24, 2.45) is 0 Å². The Labute approximate surface area is 121 Å². The number of nitrogens with one attached hydrogen (secondary N) is 1. The van der Waals surface area contributed by atoms with Gasteiger partial charge < -0.3 is 19.1 Å². The molecule has 1 aromatic rings. The van der Waals surface area contributed by atoms with Gasteiger partial charge in [0, 0.05) is 0 Å². The van der Waals surface area contributed by atoms with Gasteiger partial charge in [0.2, 0.25) is 0 Å². The van der Waals surface area contributed by atoms with Gasteiger partial charge in [-0.05, 0) is 24.1 Å². The van der Waals surface area contributed by atoms with Crippen LogP contribution in [0.2, 0.25) is 0 Å². The summed E-state index contributed by atoms with van der Waals surface area (Å²) in [4.78, 5) is 1.58. The number of hydrogen-bond donors (Lipinski definition) is 1. The highest BCUT2D eigenvalue weighted by Crippen LogP contribution is 2.12. The van der Waals surface area contributed by atoms with Crippen LogP contribution in [0.3, 0.4) is 0 Å². The number of hydrogen-bond acceptors (Lipinski definition) is 3. The zero-order valence-corrected chi connectivity index (χ0v) is 12.4. The van der Waals surface area contributed by atoms with Crippen LogP contribution in [0.5, 0.6) is 5.75 Å². The van der Waals surface area contributed by atoms with Crippen molar-refractivity contribution in [2.75, 3.05) is 52.7 Å². The molecule has 0 aromatic heterocycles. The van der Waals surface area contributed by atoms with E-state index in [9.17, 15) is 0 Å². The maximum absolute atomic E-state index is 5.65. The molecule has 1 aliphatic rings. The van der Waals surface area contributed by atoms with Crippen molar-refractivity contribution in [3.8, 4) is 5.75 Å².